The van der Waals surface area contributed by atoms with Gasteiger partial charge >= 0.3 is 6.18 Å². The molecular weight excluding hydrogens is 323 g/mol. The van der Waals surface area contributed by atoms with Gasteiger partial charge in [-0.15, -0.1) is 5.10 Å². The number of pyridine rings is 1. The van der Waals surface area contributed by atoms with Gasteiger partial charge in [0.15, 0.2) is 5.78 Å². The number of Topliss-reactive ketones (excluding diaryl/α,β-unsaturated/α-hetero) is 1. The normalized spacial score (nSPS) is 20.5. The first-order valence-electron chi connectivity index (χ1n) is 7.42. The molecule has 124 valence electrons. The average Bonchev–Trinajstić information content (AvgIpc) is 2.98. The maximum Gasteiger partial charge on any atom is 0.453 e. The summed E-state index contributed by atoms with van der Waals surface area (Å²) < 4.78 is 40.1. The van der Waals surface area contributed by atoms with Gasteiger partial charge in [0.05, 0.1) is 0 Å². The highest BCUT2D eigenvalue weighted by Crippen LogP contribution is 2.40. The Morgan fingerprint density at radius 3 is 2.67 bits per heavy atom. The lowest BCUT2D eigenvalue weighted by atomic mass is 9.86. The van der Waals surface area contributed by atoms with Crippen molar-refractivity contribution < 1.29 is 18.0 Å². The van der Waals surface area contributed by atoms with E-state index < -0.39 is 18.0 Å². The molecule has 1 unspecified atom stereocenters. The highest BCUT2D eigenvalue weighted by molar-refractivity contribution is 5.99. The molecule has 0 aromatic carbocycles. The van der Waals surface area contributed by atoms with Gasteiger partial charge in [0.25, 0.3) is 5.82 Å². The van der Waals surface area contributed by atoms with Crippen LogP contribution < -0.4 is 5.32 Å². The number of nitrogens with zero attached hydrogens (tertiary/aromatic N) is 4. The molecule has 0 saturated carbocycles. The molecule has 0 fully saturated rings. The lowest BCUT2D eigenvalue weighted by Crippen LogP contribution is -2.31. The number of ketones is 1. The van der Waals surface area contributed by atoms with E-state index in [1.807, 2.05) is 0 Å². The van der Waals surface area contributed by atoms with Crippen molar-refractivity contribution in [2.45, 2.75) is 31.5 Å². The highest BCUT2D eigenvalue weighted by atomic mass is 19.4. The van der Waals surface area contributed by atoms with E-state index in [1.54, 1.807) is 12.1 Å². The van der Waals surface area contributed by atoms with Gasteiger partial charge < -0.3 is 5.32 Å². The largest absolute Gasteiger partial charge is 0.453 e. The number of fused-ring (bicyclic) bond motifs is 1. The standard InChI is InChI=1S/C15H12F3N5O/c16-15(17,18)13-21-14-20-9-2-1-3-10(24)11(9)12(23(14)22-13)8-4-6-19-7-5-8/h4-7,12H,1-3H2,(H,20,21,22). The van der Waals surface area contributed by atoms with E-state index in [0.717, 1.165) is 4.68 Å². The number of nitrogens with one attached hydrogen (secondary N) is 1. The first-order valence-corrected chi connectivity index (χ1v) is 7.42. The van der Waals surface area contributed by atoms with E-state index >= 15 is 0 Å². The van der Waals surface area contributed by atoms with E-state index in [0.29, 0.717) is 36.1 Å². The molecule has 1 aliphatic heterocycles. The van der Waals surface area contributed by atoms with Crippen molar-refractivity contribution in [2.75, 3.05) is 5.32 Å². The third kappa shape index (κ3) is 2.27. The maximum atomic E-state index is 13.0. The van der Waals surface area contributed by atoms with Crippen LogP contribution in [0.2, 0.25) is 0 Å². The number of alkyl halides is 3. The van der Waals surface area contributed by atoms with Crippen molar-refractivity contribution in [3.8, 4) is 0 Å². The van der Waals surface area contributed by atoms with Crippen molar-refractivity contribution in [3.05, 3.63) is 47.2 Å². The Morgan fingerprint density at radius 1 is 1.21 bits per heavy atom. The summed E-state index contributed by atoms with van der Waals surface area (Å²) in [5.41, 5.74) is 1.73. The van der Waals surface area contributed by atoms with Crippen LogP contribution in [-0.2, 0) is 11.0 Å². The maximum absolute atomic E-state index is 13.0. The molecule has 6 nitrogen and oxygen atoms in total. The Morgan fingerprint density at radius 2 is 1.96 bits per heavy atom. The Bertz CT molecular complexity index is 841. The van der Waals surface area contributed by atoms with Crippen LogP contribution in [0.1, 0.15) is 36.7 Å². The van der Waals surface area contributed by atoms with Crippen LogP contribution >= 0.6 is 0 Å². The number of anilines is 1. The summed E-state index contributed by atoms with van der Waals surface area (Å²) in [5, 5.41) is 6.47. The first kappa shape index (κ1) is 14.9. The monoisotopic (exact) mass is 335 g/mol. The van der Waals surface area contributed by atoms with Crippen molar-refractivity contribution in [1.82, 2.24) is 19.7 Å². The molecule has 9 heteroatoms. The third-order valence-corrected chi connectivity index (χ3v) is 4.14. The number of halogens is 3. The van der Waals surface area contributed by atoms with E-state index in [4.69, 9.17) is 0 Å². The summed E-state index contributed by atoms with van der Waals surface area (Å²) in [6, 6.07) is 2.61. The Balaban J connectivity index is 1.91. The number of aromatic nitrogens is 4. The molecule has 2 aromatic rings. The molecule has 0 bridgehead atoms. The van der Waals surface area contributed by atoms with Gasteiger partial charge in [0.1, 0.15) is 6.04 Å². The molecule has 0 saturated heterocycles. The second-order valence-corrected chi connectivity index (χ2v) is 5.68. The van der Waals surface area contributed by atoms with Crippen LogP contribution in [0.15, 0.2) is 35.8 Å². The zero-order valence-corrected chi connectivity index (χ0v) is 12.3. The summed E-state index contributed by atoms with van der Waals surface area (Å²) in [5.74, 6) is -1.31. The fourth-order valence-corrected chi connectivity index (χ4v) is 3.13. The van der Waals surface area contributed by atoms with Gasteiger partial charge in [0.2, 0.25) is 5.95 Å². The second kappa shape index (κ2) is 5.15. The van der Waals surface area contributed by atoms with E-state index in [-0.39, 0.29) is 11.7 Å². The smallest absolute Gasteiger partial charge is 0.328 e. The van der Waals surface area contributed by atoms with Crippen LogP contribution in [0.25, 0.3) is 0 Å². The Hall–Kier alpha value is -2.71. The molecule has 24 heavy (non-hydrogen) atoms. The van der Waals surface area contributed by atoms with Gasteiger partial charge in [0, 0.05) is 30.1 Å². The first-order chi connectivity index (χ1) is 11.4. The van der Waals surface area contributed by atoms with Crippen LogP contribution in [0.5, 0.6) is 0 Å². The van der Waals surface area contributed by atoms with Gasteiger partial charge in [-0.1, -0.05) is 0 Å². The number of hydrogen-bond acceptors (Lipinski definition) is 5. The molecule has 1 N–H and O–H groups in total. The van der Waals surface area contributed by atoms with E-state index in [2.05, 4.69) is 20.4 Å². The molecule has 0 amide bonds. The van der Waals surface area contributed by atoms with Crippen molar-refractivity contribution in [2.24, 2.45) is 0 Å². The minimum absolute atomic E-state index is 0.00223. The van der Waals surface area contributed by atoms with Gasteiger partial charge in [-0.25, -0.2) is 4.68 Å². The summed E-state index contributed by atoms with van der Waals surface area (Å²) in [6.45, 7) is 0. The average molecular weight is 335 g/mol. The fourth-order valence-electron chi connectivity index (χ4n) is 3.13. The lowest BCUT2D eigenvalue weighted by Gasteiger charge is -2.32. The van der Waals surface area contributed by atoms with Gasteiger partial charge in [-0.05, 0) is 30.5 Å². The number of hydrogen-bond donors (Lipinski definition) is 1. The zero-order valence-electron chi connectivity index (χ0n) is 12.3. The van der Waals surface area contributed by atoms with Crippen LogP contribution in [0.4, 0.5) is 19.1 Å². The Kier molecular flexibility index (Phi) is 3.19. The zero-order chi connectivity index (χ0) is 16.9. The molecule has 0 radical (unpaired) electrons. The molecule has 0 spiro atoms. The van der Waals surface area contributed by atoms with Crippen molar-refractivity contribution in [3.63, 3.8) is 0 Å². The second-order valence-electron chi connectivity index (χ2n) is 5.68. The minimum Gasteiger partial charge on any atom is -0.328 e. The number of carbonyl (C=O) groups excluding carboxylic acids is 1. The molecule has 1 aliphatic carbocycles. The minimum atomic E-state index is -4.65. The fraction of sp³-hybridized carbons (Fsp3) is 0.333. The SMILES string of the molecule is O=C1CCCC2=C1C(c1ccncc1)n1nc(C(F)(F)F)nc1N2. The molecule has 3 heterocycles. The van der Waals surface area contributed by atoms with E-state index in [1.165, 1.54) is 12.4 Å². The predicted molar refractivity (Wildman–Crippen MR) is 76.9 cm³/mol. The highest BCUT2D eigenvalue weighted by Gasteiger charge is 2.42. The number of allylic oxidation sites excluding steroid dienone is 2. The van der Waals surface area contributed by atoms with Gasteiger partial charge in [-0.3, -0.25) is 9.78 Å². The molecule has 2 aromatic heterocycles. The molecule has 1 atom stereocenters. The number of carbonyl (C=O) groups is 1. The van der Waals surface area contributed by atoms with Crippen molar-refractivity contribution >= 4 is 11.7 Å². The van der Waals surface area contributed by atoms with Crippen LogP contribution in [-0.4, -0.2) is 25.5 Å². The summed E-state index contributed by atoms with van der Waals surface area (Å²) in [4.78, 5) is 19.9. The molecule has 2 aliphatic rings. The van der Waals surface area contributed by atoms with Crippen LogP contribution in [0, 0.1) is 0 Å². The van der Waals surface area contributed by atoms with Crippen LogP contribution in [0.3, 0.4) is 0 Å². The summed E-state index contributed by atoms with van der Waals surface area (Å²) in [6.07, 6.45) is 0.0425. The summed E-state index contributed by atoms with van der Waals surface area (Å²) in [7, 11) is 0. The van der Waals surface area contributed by atoms with Gasteiger partial charge in [-0.2, -0.15) is 18.2 Å². The molecule has 4 rings (SSSR count). The number of rotatable bonds is 1. The predicted octanol–water partition coefficient (Wildman–Crippen LogP) is 2.71. The third-order valence-electron chi connectivity index (χ3n) is 4.14. The van der Waals surface area contributed by atoms with E-state index in [9.17, 15) is 18.0 Å². The Labute approximate surface area is 134 Å². The lowest BCUT2D eigenvalue weighted by molar-refractivity contribution is -0.145. The topological polar surface area (TPSA) is 72.7 Å². The van der Waals surface area contributed by atoms with Crippen molar-refractivity contribution in [1.29, 1.82) is 0 Å². The summed E-state index contributed by atoms with van der Waals surface area (Å²) >= 11 is 0. The quantitative estimate of drug-likeness (QED) is 0.867. The molecular formula is C15H12F3N5O.